The number of allylic oxidation sites excluding steroid dienone is 5. The topological polar surface area (TPSA) is 62.5 Å². The molecule has 51 heavy (non-hydrogen) atoms. The Morgan fingerprint density at radius 2 is 1.27 bits per heavy atom. The third-order valence-electron chi connectivity index (χ3n) is 9.93. The van der Waals surface area contributed by atoms with Gasteiger partial charge in [0.25, 0.3) is 0 Å². The summed E-state index contributed by atoms with van der Waals surface area (Å²) >= 11 is 1.74. The minimum absolute atomic E-state index is 0.605. The highest BCUT2D eigenvalue weighted by atomic mass is 32.2. The Labute approximate surface area is 301 Å². The summed E-state index contributed by atoms with van der Waals surface area (Å²) in [5.74, 6) is 1.84. The van der Waals surface area contributed by atoms with Crippen molar-refractivity contribution in [3.63, 3.8) is 0 Å². The van der Waals surface area contributed by atoms with Gasteiger partial charge in [-0.05, 0) is 57.8 Å². The fraction of sp³-hybridized carbons (Fsp3) is 0.0435. The van der Waals surface area contributed by atoms with Crippen LogP contribution in [0.4, 0.5) is 0 Å². The zero-order valence-electron chi connectivity index (χ0n) is 27.8. The van der Waals surface area contributed by atoms with Crippen LogP contribution in [0.2, 0.25) is 0 Å². The van der Waals surface area contributed by atoms with E-state index in [2.05, 4.69) is 92.4 Å². The molecule has 0 saturated carbocycles. The van der Waals surface area contributed by atoms with Crippen molar-refractivity contribution in [2.75, 3.05) is 0 Å². The van der Waals surface area contributed by atoms with Gasteiger partial charge in [0.2, 0.25) is 0 Å². The summed E-state index contributed by atoms with van der Waals surface area (Å²) in [5, 5.41) is 12.5. The lowest BCUT2D eigenvalue weighted by molar-refractivity contribution is 0.717. The second-order valence-corrected chi connectivity index (χ2v) is 13.7. The maximum absolute atomic E-state index is 10.5. The van der Waals surface area contributed by atoms with Crippen molar-refractivity contribution in [2.24, 2.45) is 0 Å². The number of hydrogen-bond acceptors (Lipinski definition) is 5. The van der Waals surface area contributed by atoms with Gasteiger partial charge in [-0.25, -0.2) is 15.0 Å². The van der Waals surface area contributed by atoms with Crippen molar-refractivity contribution in [1.29, 1.82) is 5.26 Å². The number of nitriles is 1. The third kappa shape index (κ3) is 4.58. The average Bonchev–Trinajstić information content (AvgIpc) is 3.47. The molecule has 0 N–H and O–H groups in total. The quantitative estimate of drug-likeness (QED) is 0.182. The molecular formula is C46H30N4S. The van der Waals surface area contributed by atoms with E-state index in [1.54, 1.807) is 11.8 Å². The van der Waals surface area contributed by atoms with Gasteiger partial charge in [0.15, 0.2) is 17.5 Å². The molecule has 0 amide bonds. The summed E-state index contributed by atoms with van der Waals surface area (Å²) in [6.07, 6.45) is 6.31. The molecule has 0 bridgehead atoms. The maximum atomic E-state index is 10.5. The monoisotopic (exact) mass is 670 g/mol. The SMILES string of the molecule is C=CC1=C(/C=C\C)c2c(cc(C#N)c3ccccc23)C12c1ccccc1Sc1c(-c3nc(-c4ccccc4)nc(-c4ccccc4)n3)cccc12. The van der Waals surface area contributed by atoms with Gasteiger partial charge in [-0.2, -0.15) is 5.26 Å². The number of fused-ring (bicyclic) bond motifs is 8. The molecule has 0 radical (unpaired) electrons. The zero-order valence-corrected chi connectivity index (χ0v) is 28.7. The van der Waals surface area contributed by atoms with Gasteiger partial charge in [0.1, 0.15) is 0 Å². The summed E-state index contributed by atoms with van der Waals surface area (Å²) in [5.41, 5.74) is 9.37. The van der Waals surface area contributed by atoms with Crippen LogP contribution in [0, 0.1) is 11.3 Å². The summed E-state index contributed by atoms with van der Waals surface area (Å²) in [6, 6.07) is 48.1. The molecule has 4 nitrogen and oxygen atoms in total. The lowest BCUT2D eigenvalue weighted by atomic mass is 9.65. The van der Waals surface area contributed by atoms with E-state index in [-0.39, 0.29) is 0 Å². The normalized spacial score (nSPS) is 15.8. The highest BCUT2D eigenvalue weighted by Crippen LogP contribution is 2.63. The Balaban J connectivity index is 1.40. The number of nitrogens with zero attached hydrogens (tertiary/aromatic N) is 4. The number of aromatic nitrogens is 3. The fourth-order valence-electron chi connectivity index (χ4n) is 7.89. The van der Waals surface area contributed by atoms with Crippen molar-refractivity contribution in [1.82, 2.24) is 15.0 Å². The largest absolute Gasteiger partial charge is 0.208 e. The van der Waals surface area contributed by atoms with Crippen LogP contribution in [-0.2, 0) is 5.41 Å². The molecule has 1 aliphatic heterocycles. The van der Waals surface area contributed by atoms with Gasteiger partial charge in [0.05, 0.1) is 17.0 Å². The van der Waals surface area contributed by atoms with Crippen LogP contribution in [0.25, 0.3) is 50.5 Å². The summed E-state index contributed by atoms with van der Waals surface area (Å²) < 4.78 is 0. The van der Waals surface area contributed by atoms with Gasteiger partial charge in [-0.1, -0.05) is 158 Å². The minimum Gasteiger partial charge on any atom is -0.208 e. The summed E-state index contributed by atoms with van der Waals surface area (Å²) in [6.45, 7) is 6.50. The average molecular weight is 671 g/mol. The van der Waals surface area contributed by atoms with Crippen LogP contribution in [0.3, 0.4) is 0 Å². The van der Waals surface area contributed by atoms with Crippen molar-refractivity contribution in [3.05, 3.63) is 192 Å². The molecule has 2 aliphatic rings. The molecular weight excluding hydrogens is 641 g/mol. The molecule has 1 aliphatic carbocycles. The van der Waals surface area contributed by atoms with E-state index < -0.39 is 5.41 Å². The molecule has 0 fully saturated rings. The van der Waals surface area contributed by atoms with E-state index >= 15 is 0 Å². The molecule has 1 aromatic heterocycles. The molecule has 1 atom stereocenters. The van der Waals surface area contributed by atoms with Gasteiger partial charge < -0.3 is 0 Å². The van der Waals surface area contributed by atoms with Crippen LogP contribution in [0.5, 0.6) is 0 Å². The maximum Gasteiger partial charge on any atom is 0.165 e. The van der Waals surface area contributed by atoms with Crippen LogP contribution < -0.4 is 0 Å². The van der Waals surface area contributed by atoms with Gasteiger partial charge in [0, 0.05) is 31.9 Å². The standard InChI is InChI=1S/C46H30N4S/c1-3-16-34-36(4-2)46(39-27-31(28-47)32-21-11-12-22-33(32)41(34)39)37-24-13-14-26-40(37)51-42-35(23-15-25-38(42)46)45-49-43(29-17-7-5-8-18-29)48-44(50-45)30-19-9-6-10-20-30/h3-27H,2H2,1H3/b16-3-. The molecule has 6 aromatic carbocycles. The second kappa shape index (κ2) is 12.2. The van der Waals surface area contributed by atoms with E-state index in [1.807, 2.05) is 78.9 Å². The molecule has 9 rings (SSSR count). The Morgan fingerprint density at radius 1 is 0.667 bits per heavy atom. The summed E-state index contributed by atoms with van der Waals surface area (Å²) in [4.78, 5) is 17.5. The fourth-order valence-corrected chi connectivity index (χ4v) is 9.18. The molecule has 2 heterocycles. The molecule has 1 unspecified atom stereocenters. The first kappa shape index (κ1) is 30.7. The van der Waals surface area contributed by atoms with E-state index in [9.17, 15) is 5.26 Å². The molecule has 7 aromatic rings. The molecule has 1 spiro atoms. The van der Waals surface area contributed by atoms with E-state index in [0.717, 1.165) is 65.1 Å². The lowest BCUT2D eigenvalue weighted by Crippen LogP contribution is -2.33. The molecule has 0 saturated heterocycles. The van der Waals surface area contributed by atoms with Crippen molar-refractivity contribution in [3.8, 4) is 40.2 Å². The highest BCUT2D eigenvalue weighted by Gasteiger charge is 2.51. The Bertz CT molecular complexity index is 2590. The van der Waals surface area contributed by atoms with E-state index in [4.69, 9.17) is 15.0 Å². The van der Waals surface area contributed by atoms with Gasteiger partial charge in [-0.3, -0.25) is 0 Å². The van der Waals surface area contributed by atoms with Gasteiger partial charge >= 0.3 is 0 Å². The summed E-state index contributed by atoms with van der Waals surface area (Å²) in [7, 11) is 0. The van der Waals surface area contributed by atoms with E-state index in [1.165, 1.54) is 5.56 Å². The van der Waals surface area contributed by atoms with Crippen LogP contribution >= 0.6 is 11.8 Å². The lowest BCUT2D eigenvalue weighted by Gasteiger charge is -2.41. The Morgan fingerprint density at radius 3 is 1.94 bits per heavy atom. The number of hydrogen-bond donors (Lipinski definition) is 0. The zero-order chi connectivity index (χ0) is 34.5. The first-order valence-electron chi connectivity index (χ1n) is 16.9. The van der Waals surface area contributed by atoms with E-state index in [0.29, 0.717) is 23.0 Å². The third-order valence-corrected chi connectivity index (χ3v) is 11.2. The smallest absolute Gasteiger partial charge is 0.165 e. The van der Waals surface area contributed by atoms with Crippen LogP contribution in [0.1, 0.15) is 34.7 Å². The minimum atomic E-state index is -0.744. The first-order valence-corrected chi connectivity index (χ1v) is 17.7. The Hall–Kier alpha value is -6.35. The Kier molecular flexibility index (Phi) is 7.35. The second-order valence-electron chi connectivity index (χ2n) is 12.6. The molecule has 5 heteroatoms. The number of rotatable bonds is 5. The van der Waals surface area contributed by atoms with Gasteiger partial charge in [-0.15, -0.1) is 0 Å². The van der Waals surface area contributed by atoms with Crippen molar-refractivity contribution >= 4 is 28.1 Å². The predicted octanol–water partition coefficient (Wildman–Crippen LogP) is 11.2. The first-order chi connectivity index (χ1) is 25.2. The van der Waals surface area contributed by atoms with Crippen molar-refractivity contribution < 1.29 is 0 Å². The van der Waals surface area contributed by atoms with Crippen LogP contribution in [0.15, 0.2) is 174 Å². The molecule has 240 valence electrons. The predicted molar refractivity (Wildman–Crippen MR) is 207 cm³/mol. The van der Waals surface area contributed by atoms with Crippen LogP contribution in [-0.4, -0.2) is 15.0 Å². The number of benzene rings is 6. The highest BCUT2D eigenvalue weighted by molar-refractivity contribution is 7.99. The van der Waals surface area contributed by atoms with Crippen molar-refractivity contribution in [2.45, 2.75) is 22.1 Å².